The Kier molecular flexibility index (Phi) is 4.64. The van der Waals surface area contributed by atoms with E-state index in [0.29, 0.717) is 42.9 Å². The van der Waals surface area contributed by atoms with Crippen LogP contribution in [0, 0.1) is 5.92 Å². The van der Waals surface area contributed by atoms with E-state index >= 15 is 0 Å². The molecule has 2 heterocycles. The Bertz CT molecular complexity index is 656. The molecule has 22 heavy (non-hydrogen) atoms. The van der Waals surface area contributed by atoms with Crippen LogP contribution in [0.15, 0.2) is 17.0 Å². The fraction of sp³-hybridized carbons (Fsp3) is 0.600. The fourth-order valence-corrected chi connectivity index (χ4v) is 4.42. The monoisotopic (exact) mass is 345 g/mol. The Morgan fingerprint density at radius 3 is 2.77 bits per heavy atom. The number of sulfonamides is 1. The Labute approximate surface area is 136 Å². The summed E-state index contributed by atoms with van der Waals surface area (Å²) in [4.78, 5) is 0.209. The SMILES string of the molecule is CC1Cc2cc(S(=O)(=O)NCC3CCOCC3)cc(Cl)c2O1. The maximum absolute atomic E-state index is 12.5. The number of benzene rings is 1. The minimum absolute atomic E-state index is 0.0284. The van der Waals surface area contributed by atoms with Gasteiger partial charge in [0.05, 0.1) is 9.92 Å². The molecule has 1 aromatic carbocycles. The molecule has 1 unspecified atom stereocenters. The summed E-state index contributed by atoms with van der Waals surface area (Å²) in [5.74, 6) is 0.939. The van der Waals surface area contributed by atoms with Crippen LogP contribution < -0.4 is 9.46 Å². The Hall–Kier alpha value is -0.820. The molecule has 2 aliphatic rings. The summed E-state index contributed by atoms with van der Waals surface area (Å²) in [5, 5.41) is 0.355. The van der Waals surface area contributed by atoms with Crippen molar-refractivity contribution in [3.8, 4) is 5.75 Å². The standard InChI is InChI=1S/C15H20ClNO4S/c1-10-6-12-7-13(8-14(16)15(12)21-10)22(18,19)17-9-11-2-4-20-5-3-11/h7-8,10-11,17H,2-6,9H2,1H3. The van der Waals surface area contributed by atoms with E-state index < -0.39 is 10.0 Å². The third-order valence-corrected chi connectivity index (χ3v) is 5.82. The van der Waals surface area contributed by atoms with Gasteiger partial charge in [0.2, 0.25) is 10.0 Å². The van der Waals surface area contributed by atoms with Crippen LogP contribution in [0.1, 0.15) is 25.3 Å². The summed E-state index contributed by atoms with van der Waals surface area (Å²) in [6.07, 6.45) is 2.48. The predicted molar refractivity (Wildman–Crippen MR) is 84.0 cm³/mol. The average molecular weight is 346 g/mol. The normalized spacial score (nSPS) is 22.4. The molecule has 0 radical (unpaired) electrons. The highest BCUT2D eigenvalue weighted by Gasteiger charge is 2.26. The molecule has 1 N–H and O–H groups in total. The molecule has 1 fully saturated rings. The summed E-state index contributed by atoms with van der Waals surface area (Å²) in [6.45, 7) is 3.78. The van der Waals surface area contributed by atoms with E-state index in [1.165, 1.54) is 6.07 Å². The van der Waals surface area contributed by atoms with E-state index in [0.717, 1.165) is 18.4 Å². The van der Waals surface area contributed by atoms with Gasteiger partial charge in [-0.15, -0.1) is 0 Å². The summed E-state index contributed by atoms with van der Waals surface area (Å²) in [6, 6.07) is 3.13. The van der Waals surface area contributed by atoms with Crippen LogP contribution in [0.3, 0.4) is 0 Å². The molecule has 0 spiro atoms. The van der Waals surface area contributed by atoms with E-state index in [9.17, 15) is 8.42 Å². The largest absolute Gasteiger partial charge is 0.489 e. The molecular formula is C15H20ClNO4S. The molecule has 5 nitrogen and oxygen atoms in total. The first-order valence-corrected chi connectivity index (χ1v) is 9.38. The van der Waals surface area contributed by atoms with Gasteiger partial charge in [0.25, 0.3) is 0 Å². The molecule has 1 saturated heterocycles. The molecule has 0 bridgehead atoms. The van der Waals surface area contributed by atoms with Crippen molar-refractivity contribution in [1.29, 1.82) is 0 Å². The minimum atomic E-state index is -3.55. The zero-order valence-corrected chi connectivity index (χ0v) is 14.0. The van der Waals surface area contributed by atoms with Gasteiger partial charge in [-0.2, -0.15) is 0 Å². The fourth-order valence-electron chi connectivity index (χ4n) is 2.88. The Morgan fingerprint density at radius 2 is 2.05 bits per heavy atom. The minimum Gasteiger partial charge on any atom is -0.489 e. The second-order valence-electron chi connectivity index (χ2n) is 5.93. The van der Waals surface area contributed by atoms with E-state index in [-0.39, 0.29) is 11.0 Å². The number of hydrogen-bond acceptors (Lipinski definition) is 4. The van der Waals surface area contributed by atoms with Crippen molar-refractivity contribution in [3.05, 3.63) is 22.7 Å². The van der Waals surface area contributed by atoms with Gasteiger partial charge in [-0.05, 0) is 37.8 Å². The number of ether oxygens (including phenoxy) is 2. The molecule has 0 aliphatic carbocycles. The summed E-state index contributed by atoms with van der Waals surface area (Å²) >= 11 is 6.16. The van der Waals surface area contributed by atoms with Gasteiger partial charge in [0.15, 0.2) is 0 Å². The number of rotatable bonds is 4. The lowest BCUT2D eigenvalue weighted by atomic mass is 10.0. The molecule has 2 aliphatic heterocycles. The molecule has 0 saturated carbocycles. The van der Waals surface area contributed by atoms with Crippen molar-refractivity contribution in [2.45, 2.75) is 37.2 Å². The third kappa shape index (κ3) is 3.40. The lowest BCUT2D eigenvalue weighted by Gasteiger charge is -2.22. The second kappa shape index (κ2) is 6.35. The van der Waals surface area contributed by atoms with Crippen molar-refractivity contribution in [1.82, 2.24) is 4.72 Å². The lowest BCUT2D eigenvalue weighted by Crippen LogP contribution is -2.32. The third-order valence-electron chi connectivity index (χ3n) is 4.13. The van der Waals surface area contributed by atoms with Gasteiger partial charge in [-0.3, -0.25) is 0 Å². The quantitative estimate of drug-likeness (QED) is 0.909. The number of fused-ring (bicyclic) bond motifs is 1. The maximum Gasteiger partial charge on any atom is 0.240 e. The van der Waals surface area contributed by atoms with Gasteiger partial charge in [0.1, 0.15) is 11.9 Å². The zero-order chi connectivity index (χ0) is 15.7. The first-order valence-electron chi connectivity index (χ1n) is 7.52. The number of halogens is 1. The molecule has 1 aromatic rings. The first-order chi connectivity index (χ1) is 10.5. The van der Waals surface area contributed by atoms with E-state index in [1.54, 1.807) is 6.07 Å². The zero-order valence-electron chi connectivity index (χ0n) is 12.5. The summed E-state index contributed by atoms with van der Waals surface area (Å²) in [7, 11) is -3.55. The van der Waals surface area contributed by atoms with E-state index in [4.69, 9.17) is 21.1 Å². The second-order valence-corrected chi connectivity index (χ2v) is 8.11. The molecule has 122 valence electrons. The molecule has 0 amide bonds. The van der Waals surface area contributed by atoms with Crippen molar-refractivity contribution >= 4 is 21.6 Å². The van der Waals surface area contributed by atoms with Gasteiger partial charge >= 0.3 is 0 Å². The maximum atomic E-state index is 12.5. The number of nitrogens with one attached hydrogen (secondary N) is 1. The van der Waals surface area contributed by atoms with Crippen molar-refractivity contribution < 1.29 is 17.9 Å². The highest BCUT2D eigenvalue weighted by Crippen LogP contribution is 2.37. The lowest BCUT2D eigenvalue weighted by molar-refractivity contribution is 0.0678. The van der Waals surface area contributed by atoms with Gasteiger partial charge < -0.3 is 9.47 Å². The Morgan fingerprint density at radius 1 is 1.32 bits per heavy atom. The van der Waals surface area contributed by atoms with Crippen molar-refractivity contribution in [2.24, 2.45) is 5.92 Å². The predicted octanol–water partition coefficient (Wildman–Crippen LogP) is 2.37. The van der Waals surface area contributed by atoms with E-state index in [2.05, 4.69) is 4.72 Å². The van der Waals surface area contributed by atoms with Crippen molar-refractivity contribution in [2.75, 3.05) is 19.8 Å². The van der Waals surface area contributed by atoms with Crippen molar-refractivity contribution in [3.63, 3.8) is 0 Å². The molecule has 0 aromatic heterocycles. The van der Waals surface area contributed by atoms with Crippen LogP contribution in [0.2, 0.25) is 5.02 Å². The van der Waals surface area contributed by atoms with Gasteiger partial charge in [-0.1, -0.05) is 11.6 Å². The van der Waals surface area contributed by atoms with E-state index in [1.807, 2.05) is 6.92 Å². The highest BCUT2D eigenvalue weighted by molar-refractivity contribution is 7.89. The van der Waals surface area contributed by atoms with Crippen LogP contribution in [0.25, 0.3) is 0 Å². The Balaban J connectivity index is 1.75. The van der Waals surface area contributed by atoms with Crippen LogP contribution in [-0.4, -0.2) is 34.3 Å². The molecule has 3 rings (SSSR count). The van der Waals surface area contributed by atoms with Crippen LogP contribution in [0.5, 0.6) is 5.75 Å². The average Bonchev–Trinajstić information content (AvgIpc) is 2.87. The molecule has 1 atom stereocenters. The molecule has 7 heteroatoms. The number of hydrogen-bond donors (Lipinski definition) is 1. The van der Waals surface area contributed by atoms with Crippen LogP contribution >= 0.6 is 11.6 Å². The van der Waals surface area contributed by atoms with Gasteiger partial charge in [-0.25, -0.2) is 13.1 Å². The summed E-state index contributed by atoms with van der Waals surface area (Å²) < 4.78 is 38.5. The van der Waals surface area contributed by atoms with Crippen LogP contribution in [-0.2, 0) is 21.2 Å². The first kappa shape index (κ1) is 16.1. The topological polar surface area (TPSA) is 64.6 Å². The summed E-state index contributed by atoms with van der Waals surface area (Å²) in [5.41, 5.74) is 0.853. The smallest absolute Gasteiger partial charge is 0.240 e. The molecular weight excluding hydrogens is 326 g/mol. The van der Waals surface area contributed by atoms with Crippen LogP contribution in [0.4, 0.5) is 0 Å². The highest BCUT2D eigenvalue weighted by atomic mass is 35.5. The van der Waals surface area contributed by atoms with Gasteiger partial charge in [0, 0.05) is 31.7 Å².